The van der Waals surface area contributed by atoms with Crippen molar-refractivity contribution < 1.29 is 9.47 Å². The Morgan fingerprint density at radius 2 is 1.88 bits per heavy atom. The highest BCUT2D eigenvalue weighted by Gasteiger charge is 2.11. The Hall–Kier alpha value is -1.71. The molecule has 0 radical (unpaired) electrons. The molecule has 0 saturated heterocycles. The quantitative estimate of drug-likeness (QED) is 0.528. The zero-order chi connectivity index (χ0) is 17.9. The van der Waals surface area contributed by atoms with Crippen LogP contribution in [0.5, 0.6) is 11.5 Å². The number of para-hydroxylation sites is 1. The van der Waals surface area contributed by atoms with E-state index in [2.05, 4.69) is 18.3 Å². The van der Waals surface area contributed by atoms with E-state index in [4.69, 9.17) is 21.1 Å². The van der Waals surface area contributed by atoms with E-state index in [1.54, 1.807) is 7.11 Å². The van der Waals surface area contributed by atoms with Gasteiger partial charge in [-0.05, 0) is 36.7 Å². The highest BCUT2D eigenvalue weighted by atomic mass is 35.5. The van der Waals surface area contributed by atoms with Crippen molar-refractivity contribution >= 4 is 11.6 Å². The molecular weight excluding hydrogens is 334 g/mol. The van der Waals surface area contributed by atoms with E-state index in [9.17, 15) is 0 Å². The molecule has 25 heavy (non-hydrogen) atoms. The summed E-state index contributed by atoms with van der Waals surface area (Å²) >= 11 is 6.05. The number of nitrogens with one attached hydrogen (secondary N) is 1. The monoisotopic (exact) mass is 361 g/mol. The largest absolute Gasteiger partial charge is 0.493 e. The maximum absolute atomic E-state index is 6.07. The number of hydrogen-bond acceptors (Lipinski definition) is 3. The van der Waals surface area contributed by atoms with E-state index in [-0.39, 0.29) is 0 Å². The third-order valence-electron chi connectivity index (χ3n) is 4.08. The Kier molecular flexibility index (Phi) is 8.64. The standard InChI is InChI=1S/C21H28ClNO2/c1-3-4-5-6-13-23-15-18-10-8-12-20(24-2)21(18)25-16-17-9-7-11-19(22)14-17/h7-12,14,23H,3-6,13,15-16H2,1-2H3. The van der Waals surface area contributed by atoms with Crippen LogP contribution in [0.4, 0.5) is 0 Å². The Morgan fingerprint density at radius 3 is 2.64 bits per heavy atom. The summed E-state index contributed by atoms with van der Waals surface area (Å²) in [5.74, 6) is 1.55. The lowest BCUT2D eigenvalue weighted by Crippen LogP contribution is -2.15. The Morgan fingerprint density at radius 1 is 1.04 bits per heavy atom. The fourth-order valence-electron chi connectivity index (χ4n) is 2.71. The van der Waals surface area contributed by atoms with Gasteiger partial charge in [0.05, 0.1) is 7.11 Å². The number of benzene rings is 2. The predicted octanol–water partition coefficient (Wildman–Crippen LogP) is 5.60. The third-order valence-corrected chi connectivity index (χ3v) is 4.31. The molecule has 2 aromatic carbocycles. The molecule has 0 amide bonds. The SMILES string of the molecule is CCCCCCNCc1cccc(OC)c1OCc1cccc(Cl)c1. The van der Waals surface area contributed by atoms with Crippen molar-refractivity contribution in [2.24, 2.45) is 0 Å². The average molecular weight is 362 g/mol. The molecule has 3 nitrogen and oxygen atoms in total. The van der Waals surface area contributed by atoms with E-state index in [1.807, 2.05) is 36.4 Å². The number of ether oxygens (including phenoxy) is 2. The minimum Gasteiger partial charge on any atom is -0.493 e. The minimum absolute atomic E-state index is 0.463. The van der Waals surface area contributed by atoms with Crippen molar-refractivity contribution in [3.05, 3.63) is 58.6 Å². The molecule has 2 aromatic rings. The Labute approximate surface area is 156 Å². The van der Waals surface area contributed by atoms with Gasteiger partial charge in [-0.3, -0.25) is 0 Å². The number of halogens is 1. The van der Waals surface area contributed by atoms with Crippen LogP contribution in [0, 0.1) is 0 Å². The number of hydrogen-bond donors (Lipinski definition) is 1. The van der Waals surface area contributed by atoms with Gasteiger partial charge in [0, 0.05) is 17.1 Å². The van der Waals surface area contributed by atoms with Crippen molar-refractivity contribution in [2.75, 3.05) is 13.7 Å². The highest BCUT2D eigenvalue weighted by molar-refractivity contribution is 6.30. The molecule has 4 heteroatoms. The highest BCUT2D eigenvalue weighted by Crippen LogP contribution is 2.32. The zero-order valence-electron chi connectivity index (χ0n) is 15.2. The fraction of sp³-hybridized carbons (Fsp3) is 0.429. The molecule has 0 unspecified atom stereocenters. The Bertz CT molecular complexity index is 646. The first kappa shape index (κ1) is 19.6. The molecule has 0 spiro atoms. The number of methoxy groups -OCH3 is 1. The van der Waals surface area contributed by atoms with Gasteiger partial charge in [-0.1, -0.05) is 62.1 Å². The summed E-state index contributed by atoms with van der Waals surface area (Å²) in [6.45, 7) is 4.48. The summed E-state index contributed by atoms with van der Waals surface area (Å²) in [5.41, 5.74) is 2.15. The molecule has 1 N–H and O–H groups in total. The molecule has 0 heterocycles. The van der Waals surface area contributed by atoms with E-state index in [0.29, 0.717) is 6.61 Å². The summed E-state index contributed by atoms with van der Waals surface area (Å²) in [6.07, 6.45) is 5.04. The van der Waals surface area contributed by atoms with E-state index in [0.717, 1.165) is 40.7 Å². The summed E-state index contributed by atoms with van der Waals surface area (Å²) in [4.78, 5) is 0. The first-order chi connectivity index (χ1) is 12.2. The molecule has 2 rings (SSSR count). The lowest BCUT2D eigenvalue weighted by atomic mass is 10.1. The van der Waals surface area contributed by atoms with Gasteiger partial charge in [0.15, 0.2) is 11.5 Å². The van der Waals surface area contributed by atoms with Gasteiger partial charge in [0.1, 0.15) is 6.61 Å². The van der Waals surface area contributed by atoms with Crippen LogP contribution in [0.3, 0.4) is 0 Å². The zero-order valence-corrected chi connectivity index (χ0v) is 15.9. The van der Waals surface area contributed by atoms with E-state index >= 15 is 0 Å². The van der Waals surface area contributed by atoms with Crippen LogP contribution in [0.1, 0.15) is 43.7 Å². The summed E-state index contributed by atoms with van der Waals surface area (Å²) in [6, 6.07) is 13.7. The fourth-order valence-corrected chi connectivity index (χ4v) is 2.92. The maximum Gasteiger partial charge on any atom is 0.166 e. The summed E-state index contributed by atoms with van der Waals surface area (Å²) in [5, 5.41) is 4.22. The van der Waals surface area contributed by atoms with Crippen LogP contribution in [0.15, 0.2) is 42.5 Å². The van der Waals surface area contributed by atoms with Gasteiger partial charge in [-0.25, -0.2) is 0 Å². The lowest BCUT2D eigenvalue weighted by molar-refractivity contribution is 0.280. The molecule has 0 aliphatic rings. The molecule has 0 saturated carbocycles. The molecular formula is C21H28ClNO2. The first-order valence-corrected chi connectivity index (χ1v) is 9.36. The summed E-state index contributed by atoms with van der Waals surface area (Å²) in [7, 11) is 1.67. The van der Waals surface area contributed by atoms with Crippen LogP contribution in [0.2, 0.25) is 5.02 Å². The average Bonchev–Trinajstić information content (AvgIpc) is 2.63. The molecule has 0 aliphatic carbocycles. The Balaban J connectivity index is 1.97. The van der Waals surface area contributed by atoms with Gasteiger partial charge in [-0.2, -0.15) is 0 Å². The van der Waals surface area contributed by atoms with Crippen LogP contribution in [0.25, 0.3) is 0 Å². The van der Waals surface area contributed by atoms with Crippen LogP contribution < -0.4 is 14.8 Å². The van der Waals surface area contributed by atoms with Crippen LogP contribution >= 0.6 is 11.6 Å². The van der Waals surface area contributed by atoms with E-state index < -0.39 is 0 Å². The molecule has 0 atom stereocenters. The maximum atomic E-state index is 6.07. The second-order valence-corrected chi connectivity index (χ2v) is 6.54. The number of rotatable bonds is 11. The topological polar surface area (TPSA) is 30.5 Å². The lowest BCUT2D eigenvalue weighted by Gasteiger charge is -2.16. The van der Waals surface area contributed by atoms with Crippen molar-refractivity contribution in [1.29, 1.82) is 0 Å². The molecule has 0 fully saturated rings. The molecule has 0 aliphatic heterocycles. The van der Waals surface area contributed by atoms with Gasteiger partial charge in [0.2, 0.25) is 0 Å². The molecule has 136 valence electrons. The second-order valence-electron chi connectivity index (χ2n) is 6.10. The minimum atomic E-state index is 0.463. The molecule has 0 aromatic heterocycles. The third kappa shape index (κ3) is 6.60. The molecule has 0 bridgehead atoms. The van der Waals surface area contributed by atoms with E-state index in [1.165, 1.54) is 25.7 Å². The first-order valence-electron chi connectivity index (χ1n) is 8.98. The van der Waals surface area contributed by atoms with Gasteiger partial charge in [0.25, 0.3) is 0 Å². The van der Waals surface area contributed by atoms with Crippen LogP contribution in [-0.4, -0.2) is 13.7 Å². The van der Waals surface area contributed by atoms with Crippen molar-refractivity contribution in [2.45, 2.75) is 45.8 Å². The smallest absolute Gasteiger partial charge is 0.166 e. The second kappa shape index (κ2) is 11.0. The van der Waals surface area contributed by atoms with Gasteiger partial charge in [-0.15, -0.1) is 0 Å². The van der Waals surface area contributed by atoms with Crippen molar-refractivity contribution in [1.82, 2.24) is 5.32 Å². The van der Waals surface area contributed by atoms with Crippen molar-refractivity contribution in [3.63, 3.8) is 0 Å². The van der Waals surface area contributed by atoms with Crippen molar-refractivity contribution in [3.8, 4) is 11.5 Å². The predicted molar refractivity (Wildman–Crippen MR) is 105 cm³/mol. The summed E-state index contributed by atoms with van der Waals surface area (Å²) < 4.78 is 11.6. The van der Waals surface area contributed by atoms with Gasteiger partial charge >= 0.3 is 0 Å². The van der Waals surface area contributed by atoms with Crippen LogP contribution in [-0.2, 0) is 13.2 Å². The normalized spacial score (nSPS) is 10.7. The number of unbranched alkanes of at least 4 members (excludes halogenated alkanes) is 3. The van der Waals surface area contributed by atoms with Gasteiger partial charge < -0.3 is 14.8 Å².